The second-order valence-corrected chi connectivity index (χ2v) is 5.93. The molecule has 1 aromatic carbocycles. The minimum Gasteiger partial charge on any atom is -0.349 e. The fourth-order valence-corrected chi connectivity index (χ4v) is 3.17. The second-order valence-electron chi connectivity index (χ2n) is 5.93. The van der Waals surface area contributed by atoms with Crippen molar-refractivity contribution in [2.24, 2.45) is 5.92 Å². The maximum Gasteiger partial charge on any atom is 0.252 e. The Labute approximate surface area is 123 Å². The first-order valence-corrected chi connectivity index (χ1v) is 7.58. The van der Waals surface area contributed by atoms with Gasteiger partial charge in [-0.1, -0.05) is 38.0 Å². The minimum atomic E-state index is -0.240. The maximum atomic E-state index is 12.6. The zero-order chi connectivity index (χ0) is 14.8. The van der Waals surface area contributed by atoms with Crippen molar-refractivity contribution in [3.63, 3.8) is 0 Å². The van der Waals surface area contributed by atoms with E-state index in [0.717, 1.165) is 24.6 Å². The van der Waals surface area contributed by atoms with Crippen LogP contribution in [0.5, 0.6) is 0 Å². The molecule has 0 radical (unpaired) electrons. The van der Waals surface area contributed by atoms with Crippen LogP contribution in [0.25, 0.3) is 10.9 Å². The molecule has 2 aromatic rings. The quantitative estimate of drug-likeness (QED) is 0.890. The fourth-order valence-electron chi connectivity index (χ4n) is 3.17. The molecule has 21 heavy (non-hydrogen) atoms. The predicted octanol–water partition coefficient (Wildman–Crippen LogP) is 2.84. The van der Waals surface area contributed by atoms with Crippen LogP contribution in [0.3, 0.4) is 0 Å². The molecule has 1 saturated carbocycles. The van der Waals surface area contributed by atoms with E-state index in [0.29, 0.717) is 17.0 Å². The van der Waals surface area contributed by atoms with Gasteiger partial charge in [0.15, 0.2) is 0 Å². The first-order chi connectivity index (χ1) is 10.1. The van der Waals surface area contributed by atoms with Gasteiger partial charge in [-0.2, -0.15) is 0 Å². The summed E-state index contributed by atoms with van der Waals surface area (Å²) in [5, 5.41) is 3.90. The Morgan fingerprint density at radius 1 is 1.24 bits per heavy atom. The van der Waals surface area contributed by atoms with E-state index >= 15 is 0 Å². The highest BCUT2D eigenvalue weighted by Gasteiger charge is 2.24. The van der Waals surface area contributed by atoms with Gasteiger partial charge in [-0.25, -0.2) is 0 Å². The summed E-state index contributed by atoms with van der Waals surface area (Å²) in [6.45, 7) is 2.18. The number of fused-ring (bicyclic) bond motifs is 1. The number of carbonyl (C=O) groups is 1. The molecule has 0 unspecified atom stereocenters. The number of rotatable bonds is 2. The molecule has 3 rings (SSSR count). The Hall–Kier alpha value is -2.10. The topological polar surface area (TPSA) is 62.0 Å². The molecule has 2 atom stereocenters. The molecule has 1 aliphatic rings. The predicted molar refractivity (Wildman–Crippen MR) is 83.5 cm³/mol. The Kier molecular flexibility index (Phi) is 3.78. The number of hydrogen-bond donors (Lipinski definition) is 2. The summed E-state index contributed by atoms with van der Waals surface area (Å²) in [6, 6.07) is 9.01. The lowest BCUT2D eigenvalue weighted by atomic mass is 9.86. The summed E-state index contributed by atoms with van der Waals surface area (Å²) >= 11 is 0. The van der Waals surface area contributed by atoms with E-state index in [1.54, 1.807) is 0 Å². The molecule has 1 aromatic heterocycles. The molecule has 1 aliphatic carbocycles. The highest BCUT2D eigenvalue weighted by molar-refractivity contribution is 6.06. The number of aromatic nitrogens is 1. The van der Waals surface area contributed by atoms with Crippen molar-refractivity contribution in [1.29, 1.82) is 0 Å². The molecule has 2 N–H and O–H groups in total. The summed E-state index contributed by atoms with van der Waals surface area (Å²) in [5.74, 6) is 0.354. The number of pyridine rings is 1. The Morgan fingerprint density at radius 3 is 2.81 bits per heavy atom. The van der Waals surface area contributed by atoms with Crippen molar-refractivity contribution < 1.29 is 4.79 Å². The van der Waals surface area contributed by atoms with E-state index in [2.05, 4.69) is 17.2 Å². The standard InChI is InChI=1S/C17H20N2O2/c1-11-6-2-4-8-14(11)19-17(21)13-10-16(20)18-15-9-5-3-7-12(13)15/h3,5,7,9-11,14H,2,4,6,8H2,1H3,(H,18,20)(H,19,21)/t11-,14+/m0/s1. The van der Waals surface area contributed by atoms with Crippen LogP contribution in [0.15, 0.2) is 35.1 Å². The van der Waals surface area contributed by atoms with Gasteiger partial charge in [0.25, 0.3) is 5.91 Å². The SMILES string of the molecule is C[C@H]1CCCC[C@H]1NC(=O)c1cc(=O)[nH]c2ccccc12. The summed E-state index contributed by atoms with van der Waals surface area (Å²) in [7, 11) is 0. The molecule has 0 aliphatic heterocycles. The number of benzene rings is 1. The molecule has 1 amide bonds. The number of H-pyrrole nitrogens is 1. The lowest BCUT2D eigenvalue weighted by Gasteiger charge is -2.29. The number of nitrogens with one attached hydrogen (secondary N) is 2. The highest BCUT2D eigenvalue weighted by atomic mass is 16.2. The summed E-state index contributed by atoms with van der Waals surface area (Å²) < 4.78 is 0. The minimum absolute atomic E-state index is 0.143. The first-order valence-electron chi connectivity index (χ1n) is 7.58. The lowest BCUT2D eigenvalue weighted by Crippen LogP contribution is -2.41. The number of hydrogen-bond acceptors (Lipinski definition) is 2. The number of aromatic amines is 1. The van der Waals surface area contributed by atoms with Gasteiger partial charge >= 0.3 is 0 Å². The second kappa shape index (κ2) is 5.72. The number of amides is 1. The van der Waals surface area contributed by atoms with Crippen LogP contribution >= 0.6 is 0 Å². The average Bonchev–Trinajstić information content (AvgIpc) is 2.48. The van der Waals surface area contributed by atoms with Gasteiger partial charge in [0.2, 0.25) is 5.56 Å². The van der Waals surface area contributed by atoms with E-state index < -0.39 is 0 Å². The van der Waals surface area contributed by atoms with E-state index in [4.69, 9.17) is 0 Å². The third-order valence-electron chi connectivity index (χ3n) is 4.42. The van der Waals surface area contributed by atoms with Gasteiger partial charge in [-0.05, 0) is 24.8 Å². The number of carbonyl (C=O) groups excluding carboxylic acids is 1. The van der Waals surface area contributed by atoms with Crippen LogP contribution in [-0.2, 0) is 0 Å². The largest absolute Gasteiger partial charge is 0.349 e. The van der Waals surface area contributed by atoms with Crippen molar-refractivity contribution in [3.05, 3.63) is 46.2 Å². The van der Waals surface area contributed by atoms with Crippen LogP contribution in [0.1, 0.15) is 43.0 Å². The molecule has 4 heteroatoms. The van der Waals surface area contributed by atoms with Crippen molar-refractivity contribution in [3.8, 4) is 0 Å². The van der Waals surface area contributed by atoms with Crippen molar-refractivity contribution in [2.45, 2.75) is 38.6 Å². The molecule has 1 heterocycles. The van der Waals surface area contributed by atoms with Gasteiger partial charge in [0, 0.05) is 23.0 Å². The third-order valence-corrected chi connectivity index (χ3v) is 4.42. The van der Waals surface area contributed by atoms with Crippen LogP contribution < -0.4 is 10.9 Å². The maximum absolute atomic E-state index is 12.6. The van der Waals surface area contributed by atoms with Crippen molar-refractivity contribution >= 4 is 16.8 Å². The van der Waals surface area contributed by atoms with Crippen LogP contribution in [0.2, 0.25) is 0 Å². The monoisotopic (exact) mass is 284 g/mol. The third kappa shape index (κ3) is 2.84. The summed E-state index contributed by atoms with van der Waals surface area (Å²) in [6.07, 6.45) is 4.57. The molecule has 4 nitrogen and oxygen atoms in total. The van der Waals surface area contributed by atoms with Gasteiger partial charge in [-0.3, -0.25) is 9.59 Å². The normalized spacial score (nSPS) is 22.1. The molecule has 0 saturated heterocycles. The highest BCUT2D eigenvalue weighted by Crippen LogP contribution is 2.24. The zero-order valence-electron chi connectivity index (χ0n) is 12.2. The van der Waals surface area contributed by atoms with Gasteiger partial charge in [-0.15, -0.1) is 0 Å². The molecule has 0 spiro atoms. The van der Waals surface area contributed by atoms with Gasteiger partial charge in [0.05, 0.1) is 5.56 Å². The van der Waals surface area contributed by atoms with Crippen molar-refractivity contribution in [2.75, 3.05) is 0 Å². The summed E-state index contributed by atoms with van der Waals surface area (Å²) in [4.78, 5) is 27.1. The van der Waals surface area contributed by atoms with E-state index in [1.807, 2.05) is 24.3 Å². The summed E-state index contributed by atoms with van der Waals surface area (Å²) in [5.41, 5.74) is 0.925. The number of para-hydroxylation sites is 1. The molecule has 1 fully saturated rings. The molecule has 110 valence electrons. The first kappa shape index (κ1) is 13.9. The molecular formula is C17H20N2O2. The molecule has 0 bridgehead atoms. The van der Waals surface area contributed by atoms with E-state index in [9.17, 15) is 9.59 Å². The smallest absolute Gasteiger partial charge is 0.252 e. The van der Waals surface area contributed by atoms with Crippen molar-refractivity contribution in [1.82, 2.24) is 10.3 Å². The van der Waals surface area contributed by atoms with Crippen LogP contribution in [0, 0.1) is 5.92 Å². The zero-order valence-corrected chi connectivity index (χ0v) is 12.2. The fraction of sp³-hybridized carbons (Fsp3) is 0.412. The molecular weight excluding hydrogens is 264 g/mol. The average molecular weight is 284 g/mol. The van der Waals surface area contributed by atoms with Crippen LogP contribution in [-0.4, -0.2) is 16.9 Å². The van der Waals surface area contributed by atoms with Crippen LogP contribution in [0.4, 0.5) is 0 Å². The Bertz CT molecular complexity index is 720. The van der Waals surface area contributed by atoms with Gasteiger partial charge in [0.1, 0.15) is 0 Å². The Morgan fingerprint density at radius 2 is 2.00 bits per heavy atom. The van der Waals surface area contributed by atoms with Gasteiger partial charge < -0.3 is 10.3 Å². The lowest BCUT2D eigenvalue weighted by molar-refractivity contribution is 0.0912. The van der Waals surface area contributed by atoms with E-state index in [1.165, 1.54) is 12.5 Å². The Balaban J connectivity index is 1.92. The van der Waals surface area contributed by atoms with E-state index in [-0.39, 0.29) is 17.5 Å².